The maximum atomic E-state index is 2.19. The number of hydrogen-bond acceptors (Lipinski definition) is 0. The molecule has 0 heteroatoms. The van der Waals surface area contributed by atoms with Crippen LogP contribution >= 0.6 is 0 Å². The van der Waals surface area contributed by atoms with Crippen LogP contribution in [-0.4, -0.2) is 0 Å². The summed E-state index contributed by atoms with van der Waals surface area (Å²) in [6.07, 6.45) is 10.7. The molecule has 0 aliphatic heterocycles. The summed E-state index contributed by atoms with van der Waals surface area (Å²) in [5.74, 6) is 0. The molecule has 0 heterocycles. The van der Waals surface area contributed by atoms with E-state index in [0.29, 0.717) is 0 Å². The van der Waals surface area contributed by atoms with Crippen molar-refractivity contribution in [3.8, 4) is 0 Å². The molecule has 0 nitrogen and oxygen atoms in total. The lowest BCUT2D eigenvalue weighted by molar-refractivity contribution is 1.64. The minimum absolute atomic E-state index is 1.21. The third-order valence-electron chi connectivity index (χ3n) is 3.82. The first kappa shape index (κ1) is 15.1. The normalized spacial score (nSPS) is 12.5. The van der Waals surface area contributed by atoms with Crippen molar-refractivity contribution in [1.82, 2.24) is 0 Å². The summed E-state index contributed by atoms with van der Waals surface area (Å²) < 4.78 is 0. The standard InChI is InChI=1S/C23H20/c1-2-3-12-21(18-17-19-10-5-4-6-11-19)23-16-9-14-20-13-7-8-15-22(20)23/h2-18H,1H3/b3-2+,18-17-,21-12+. The molecule has 0 N–H and O–H groups in total. The van der Waals surface area contributed by atoms with Crippen LogP contribution in [0.5, 0.6) is 0 Å². The van der Waals surface area contributed by atoms with Crippen molar-refractivity contribution < 1.29 is 0 Å². The zero-order chi connectivity index (χ0) is 15.9. The fourth-order valence-electron chi connectivity index (χ4n) is 2.66. The average molecular weight is 296 g/mol. The van der Waals surface area contributed by atoms with E-state index in [2.05, 4.69) is 97.1 Å². The molecule has 0 spiro atoms. The number of allylic oxidation sites excluding steroid dienone is 5. The summed E-state index contributed by atoms with van der Waals surface area (Å²) in [6.45, 7) is 2.04. The Morgan fingerprint density at radius 3 is 2.35 bits per heavy atom. The molecule has 3 aromatic carbocycles. The van der Waals surface area contributed by atoms with Gasteiger partial charge in [-0.25, -0.2) is 0 Å². The van der Waals surface area contributed by atoms with Gasteiger partial charge in [0.25, 0.3) is 0 Å². The van der Waals surface area contributed by atoms with Crippen molar-refractivity contribution in [1.29, 1.82) is 0 Å². The Kier molecular flexibility index (Phi) is 4.85. The van der Waals surface area contributed by atoms with Gasteiger partial charge in [0.1, 0.15) is 0 Å². The van der Waals surface area contributed by atoms with Crippen LogP contribution in [-0.2, 0) is 0 Å². The number of hydrogen-bond donors (Lipinski definition) is 0. The van der Waals surface area contributed by atoms with Gasteiger partial charge in [-0.3, -0.25) is 0 Å². The minimum Gasteiger partial charge on any atom is -0.0876 e. The smallest absolute Gasteiger partial charge is 0.0105 e. The maximum absolute atomic E-state index is 2.19. The van der Waals surface area contributed by atoms with E-state index in [0.717, 1.165) is 0 Å². The first-order valence-corrected chi connectivity index (χ1v) is 7.93. The zero-order valence-corrected chi connectivity index (χ0v) is 13.3. The minimum atomic E-state index is 1.21. The van der Waals surface area contributed by atoms with Gasteiger partial charge in [-0.1, -0.05) is 103 Å². The quantitative estimate of drug-likeness (QED) is 0.481. The Morgan fingerprint density at radius 2 is 1.52 bits per heavy atom. The Labute approximate surface area is 138 Å². The molecule has 0 unspecified atom stereocenters. The van der Waals surface area contributed by atoms with E-state index >= 15 is 0 Å². The molecule has 0 aliphatic rings. The molecule has 112 valence electrons. The Hall–Kier alpha value is -2.86. The first-order chi connectivity index (χ1) is 11.4. The van der Waals surface area contributed by atoms with Gasteiger partial charge in [0.2, 0.25) is 0 Å². The third-order valence-corrected chi connectivity index (χ3v) is 3.82. The van der Waals surface area contributed by atoms with Gasteiger partial charge in [-0.2, -0.15) is 0 Å². The van der Waals surface area contributed by atoms with Gasteiger partial charge in [0, 0.05) is 0 Å². The van der Waals surface area contributed by atoms with E-state index in [1.165, 1.54) is 27.5 Å². The predicted octanol–water partition coefficient (Wildman–Crippen LogP) is 6.51. The lowest BCUT2D eigenvalue weighted by atomic mass is 9.97. The second-order valence-electron chi connectivity index (χ2n) is 5.42. The maximum Gasteiger partial charge on any atom is -0.0105 e. The molecule has 0 amide bonds. The third kappa shape index (κ3) is 3.67. The number of fused-ring (bicyclic) bond motifs is 1. The largest absolute Gasteiger partial charge is 0.0876 e. The van der Waals surface area contributed by atoms with E-state index in [1.54, 1.807) is 0 Å². The van der Waals surface area contributed by atoms with E-state index in [1.807, 2.05) is 13.0 Å². The van der Waals surface area contributed by atoms with Crippen molar-refractivity contribution >= 4 is 22.4 Å². The van der Waals surface area contributed by atoms with E-state index in [4.69, 9.17) is 0 Å². The van der Waals surface area contributed by atoms with Crippen molar-refractivity contribution in [3.63, 3.8) is 0 Å². The highest BCUT2D eigenvalue weighted by Gasteiger charge is 2.03. The molecule has 0 radical (unpaired) electrons. The highest BCUT2D eigenvalue weighted by molar-refractivity contribution is 5.97. The van der Waals surface area contributed by atoms with Crippen LogP contribution in [0.4, 0.5) is 0 Å². The van der Waals surface area contributed by atoms with Gasteiger partial charge >= 0.3 is 0 Å². The number of rotatable bonds is 4. The summed E-state index contributed by atoms with van der Waals surface area (Å²) in [5.41, 5.74) is 3.68. The first-order valence-electron chi connectivity index (χ1n) is 7.93. The lowest BCUT2D eigenvalue weighted by Crippen LogP contribution is -1.84. The molecule has 3 rings (SSSR count). The molecular weight excluding hydrogens is 276 g/mol. The van der Waals surface area contributed by atoms with Crippen molar-refractivity contribution in [3.05, 3.63) is 108 Å². The molecule has 0 aromatic heterocycles. The van der Waals surface area contributed by atoms with Crippen LogP contribution in [0.25, 0.3) is 22.4 Å². The van der Waals surface area contributed by atoms with Crippen molar-refractivity contribution in [2.75, 3.05) is 0 Å². The summed E-state index contributed by atoms with van der Waals surface area (Å²) in [5, 5.41) is 2.55. The average Bonchev–Trinajstić information content (AvgIpc) is 2.62. The molecule has 0 saturated carbocycles. The van der Waals surface area contributed by atoms with Crippen LogP contribution in [0, 0.1) is 0 Å². The second kappa shape index (κ2) is 7.42. The van der Waals surface area contributed by atoms with E-state index < -0.39 is 0 Å². The molecular formula is C23H20. The van der Waals surface area contributed by atoms with Gasteiger partial charge < -0.3 is 0 Å². The summed E-state index contributed by atoms with van der Waals surface area (Å²) in [4.78, 5) is 0. The SMILES string of the molecule is C/C=C/C=C(\C=C/c1ccccc1)c1cccc2ccccc12. The van der Waals surface area contributed by atoms with Gasteiger partial charge in [-0.15, -0.1) is 0 Å². The van der Waals surface area contributed by atoms with Crippen LogP contribution in [0.2, 0.25) is 0 Å². The summed E-state index contributed by atoms with van der Waals surface area (Å²) in [7, 11) is 0. The second-order valence-corrected chi connectivity index (χ2v) is 5.42. The topological polar surface area (TPSA) is 0 Å². The molecule has 0 fully saturated rings. The highest BCUT2D eigenvalue weighted by atomic mass is 14.1. The number of benzene rings is 3. The predicted molar refractivity (Wildman–Crippen MR) is 102 cm³/mol. The molecule has 0 aliphatic carbocycles. The van der Waals surface area contributed by atoms with E-state index in [9.17, 15) is 0 Å². The Balaban J connectivity index is 2.07. The highest BCUT2D eigenvalue weighted by Crippen LogP contribution is 2.26. The molecule has 0 saturated heterocycles. The molecule has 23 heavy (non-hydrogen) atoms. The van der Waals surface area contributed by atoms with Gasteiger partial charge in [0.15, 0.2) is 0 Å². The Bertz CT molecular complexity index is 859. The lowest BCUT2D eigenvalue weighted by Gasteiger charge is -2.07. The summed E-state index contributed by atoms with van der Waals surface area (Å²) in [6, 6.07) is 25.4. The van der Waals surface area contributed by atoms with Crippen molar-refractivity contribution in [2.24, 2.45) is 0 Å². The van der Waals surface area contributed by atoms with Crippen LogP contribution in [0.1, 0.15) is 18.1 Å². The molecule has 0 atom stereocenters. The fourth-order valence-corrected chi connectivity index (χ4v) is 2.66. The summed E-state index contributed by atoms with van der Waals surface area (Å²) >= 11 is 0. The van der Waals surface area contributed by atoms with Gasteiger partial charge in [-0.05, 0) is 34.4 Å². The zero-order valence-electron chi connectivity index (χ0n) is 13.3. The fraction of sp³-hybridized carbons (Fsp3) is 0.0435. The van der Waals surface area contributed by atoms with Gasteiger partial charge in [0.05, 0.1) is 0 Å². The van der Waals surface area contributed by atoms with E-state index in [-0.39, 0.29) is 0 Å². The van der Waals surface area contributed by atoms with Crippen LogP contribution < -0.4 is 0 Å². The van der Waals surface area contributed by atoms with Crippen molar-refractivity contribution in [2.45, 2.75) is 6.92 Å². The molecule has 3 aromatic rings. The van der Waals surface area contributed by atoms with Crippen LogP contribution in [0.3, 0.4) is 0 Å². The monoisotopic (exact) mass is 296 g/mol. The molecule has 0 bridgehead atoms. The Morgan fingerprint density at radius 1 is 0.783 bits per heavy atom. The van der Waals surface area contributed by atoms with Crippen LogP contribution in [0.15, 0.2) is 97.1 Å².